The number of nitrogens with one attached hydrogen (secondary N) is 1. The Labute approximate surface area is 194 Å². The molecule has 1 aromatic heterocycles. The van der Waals surface area contributed by atoms with Gasteiger partial charge in [0.2, 0.25) is 5.91 Å². The van der Waals surface area contributed by atoms with Gasteiger partial charge in [-0.1, -0.05) is 12.1 Å². The second-order valence-electron chi connectivity index (χ2n) is 7.31. The number of ether oxygens (including phenoxy) is 2. The summed E-state index contributed by atoms with van der Waals surface area (Å²) >= 11 is 0. The highest BCUT2D eigenvalue weighted by atomic mass is 32.2. The van der Waals surface area contributed by atoms with E-state index in [1.165, 1.54) is 11.8 Å². The van der Waals surface area contributed by atoms with Gasteiger partial charge >= 0.3 is 0 Å². The molecule has 1 heterocycles. The van der Waals surface area contributed by atoms with Gasteiger partial charge in [0.15, 0.2) is 0 Å². The number of aromatic nitrogens is 2. The molecule has 0 aliphatic rings. The molecule has 0 radical (unpaired) electrons. The monoisotopic (exact) mass is 472 g/mol. The van der Waals surface area contributed by atoms with Crippen molar-refractivity contribution >= 4 is 27.3 Å². The molecule has 1 N–H and O–H groups in total. The summed E-state index contributed by atoms with van der Waals surface area (Å²) < 4.78 is 40.8. The third-order valence-corrected chi connectivity index (χ3v) is 7.13. The third-order valence-electron chi connectivity index (χ3n) is 5.10. The molecular weight excluding hydrogens is 444 g/mol. The van der Waals surface area contributed by atoms with Crippen molar-refractivity contribution in [3.63, 3.8) is 0 Å². The number of benzene rings is 2. The van der Waals surface area contributed by atoms with Gasteiger partial charge in [-0.05, 0) is 57.2 Å². The first-order chi connectivity index (χ1) is 15.7. The minimum atomic E-state index is -4.10. The summed E-state index contributed by atoms with van der Waals surface area (Å²) in [6.45, 7) is 5.14. The first-order valence-corrected chi connectivity index (χ1v) is 11.8. The van der Waals surface area contributed by atoms with Gasteiger partial charge in [-0.2, -0.15) is 5.10 Å². The van der Waals surface area contributed by atoms with Crippen LogP contribution >= 0.6 is 0 Å². The first kappa shape index (κ1) is 24.1. The molecule has 0 fully saturated rings. The van der Waals surface area contributed by atoms with E-state index in [2.05, 4.69) is 10.4 Å². The Morgan fingerprint density at radius 2 is 1.79 bits per heavy atom. The molecule has 10 heteroatoms. The van der Waals surface area contributed by atoms with Crippen LogP contribution < -0.4 is 19.1 Å². The Morgan fingerprint density at radius 3 is 2.36 bits per heavy atom. The molecule has 33 heavy (non-hydrogen) atoms. The molecule has 9 nitrogen and oxygen atoms in total. The van der Waals surface area contributed by atoms with E-state index in [1.54, 1.807) is 69.4 Å². The van der Waals surface area contributed by atoms with Crippen LogP contribution in [0.5, 0.6) is 11.5 Å². The molecule has 2 aromatic carbocycles. The van der Waals surface area contributed by atoms with E-state index >= 15 is 0 Å². The zero-order valence-corrected chi connectivity index (χ0v) is 20.1. The molecular formula is C23H28N4O5S. The van der Waals surface area contributed by atoms with Crippen molar-refractivity contribution in [1.29, 1.82) is 0 Å². The molecule has 0 spiro atoms. The Balaban J connectivity index is 2.00. The SMILES string of the molecule is CCOc1ccccc1NC(=O)CN(c1ccc(OC)cc1)S(=O)(=O)c1c(C)nn(C)c1C. The van der Waals surface area contributed by atoms with Gasteiger partial charge in [0.05, 0.1) is 36.5 Å². The van der Waals surface area contributed by atoms with Gasteiger partial charge < -0.3 is 14.8 Å². The number of carbonyl (C=O) groups excluding carboxylic acids is 1. The van der Waals surface area contributed by atoms with Crippen molar-refractivity contribution < 1.29 is 22.7 Å². The molecule has 1 amide bonds. The summed E-state index contributed by atoms with van der Waals surface area (Å²) in [5.41, 5.74) is 1.63. The van der Waals surface area contributed by atoms with Crippen LogP contribution in [0.4, 0.5) is 11.4 Å². The zero-order valence-electron chi connectivity index (χ0n) is 19.3. The molecule has 3 rings (SSSR count). The van der Waals surface area contributed by atoms with E-state index < -0.39 is 22.5 Å². The predicted octanol–water partition coefficient (Wildman–Crippen LogP) is 3.28. The van der Waals surface area contributed by atoms with E-state index in [0.717, 1.165) is 4.31 Å². The fourth-order valence-electron chi connectivity index (χ4n) is 3.47. The minimum absolute atomic E-state index is 0.0725. The fraction of sp³-hybridized carbons (Fsp3) is 0.304. The second kappa shape index (κ2) is 9.95. The molecule has 0 saturated heterocycles. The van der Waals surface area contributed by atoms with Gasteiger partial charge in [-0.25, -0.2) is 8.42 Å². The summed E-state index contributed by atoms with van der Waals surface area (Å²) in [5, 5.41) is 6.99. The van der Waals surface area contributed by atoms with Crippen LogP contribution in [0.2, 0.25) is 0 Å². The molecule has 0 unspecified atom stereocenters. The zero-order chi connectivity index (χ0) is 24.2. The van der Waals surface area contributed by atoms with Gasteiger partial charge in [-0.15, -0.1) is 0 Å². The largest absolute Gasteiger partial charge is 0.497 e. The topological polar surface area (TPSA) is 103 Å². The maximum absolute atomic E-state index is 13.7. The quantitative estimate of drug-likeness (QED) is 0.513. The highest BCUT2D eigenvalue weighted by Crippen LogP contribution is 2.30. The molecule has 3 aromatic rings. The first-order valence-electron chi connectivity index (χ1n) is 10.4. The summed E-state index contributed by atoms with van der Waals surface area (Å²) in [6.07, 6.45) is 0. The molecule has 0 aliphatic carbocycles. The smallest absolute Gasteiger partial charge is 0.268 e. The van der Waals surface area contributed by atoms with Gasteiger partial charge in [0.25, 0.3) is 10.0 Å². The molecule has 0 atom stereocenters. The summed E-state index contributed by atoms with van der Waals surface area (Å²) in [5.74, 6) is 0.562. The van der Waals surface area contributed by atoms with Gasteiger partial charge in [0.1, 0.15) is 22.9 Å². The Hall–Kier alpha value is -3.53. The number of para-hydroxylation sites is 2. The average molecular weight is 473 g/mol. The van der Waals surface area contributed by atoms with Crippen molar-refractivity contribution in [1.82, 2.24) is 9.78 Å². The van der Waals surface area contributed by atoms with E-state index in [-0.39, 0.29) is 4.90 Å². The third kappa shape index (κ3) is 5.11. The van der Waals surface area contributed by atoms with Crippen LogP contribution in [-0.2, 0) is 21.9 Å². The number of methoxy groups -OCH3 is 1. The van der Waals surface area contributed by atoms with Crippen LogP contribution in [0, 0.1) is 13.8 Å². The van der Waals surface area contributed by atoms with Crippen molar-refractivity contribution in [2.24, 2.45) is 7.05 Å². The van der Waals surface area contributed by atoms with Crippen LogP contribution in [0.15, 0.2) is 53.4 Å². The lowest BCUT2D eigenvalue weighted by molar-refractivity contribution is -0.114. The highest BCUT2D eigenvalue weighted by molar-refractivity contribution is 7.93. The van der Waals surface area contributed by atoms with Crippen LogP contribution in [0.25, 0.3) is 0 Å². The summed E-state index contributed by atoms with van der Waals surface area (Å²) in [7, 11) is -0.905. The normalized spacial score (nSPS) is 11.2. The van der Waals surface area contributed by atoms with Gasteiger partial charge in [0, 0.05) is 7.05 Å². The van der Waals surface area contributed by atoms with Crippen molar-refractivity contribution in [3.05, 3.63) is 59.9 Å². The lowest BCUT2D eigenvalue weighted by Crippen LogP contribution is -2.38. The molecule has 0 bridgehead atoms. The van der Waals surface area contributed by atoms with Crippen molar-refractivity contribution in [3.8, 4) is 11.5 Å². The number of aryl methyl sites for hydroxylation is 2. The van der Waals surface area contributed by atoms with Gasteiger partial charge in [-0.3, -0.25) is 13.8 Å². The number of hydrogen-bond acceptors (Lipinski definition) is 6. The Kier molecular flexibility index (Phi) is 7.27. The molecule has 0 aliphatic heterocycles. The number of rotatable bonds is 9. The fourth-order valence-corrected chi connectivity index (χ4v) is 5.30. The Morgan fingerprint density at radius 1 is 1.12 bits per heavy atom. The Bertz CT molecular complexity index is 1240. The van der Waals surface area contributed by atoms with E-state index in [1.807, 2.05) is 6.92 Å². The number of carbonyl (C=O) groups is 1. The lowest BCUT2D eigenvalue weighted by atomic mass is 10.3. The van der Waals surface area contributed by atoms with Crippen LogP contribution in [-0.4, -0.2) is 44.4 Å². The van der Waals surface area contributed by atoms with E-state index in [9.17, 15) is 13.2 Å². The predicted molar refractivity (Wildman–Crippen MR) is 126 cm³/mol. The van der Waals surface area contributed by atoms with Crippen molar-refractivity contribution in [2.75, 3.05) is 29.9 Å². The number of sulfonamides is 1. The molecule has 176 valence electrons. The summed E-state index contributed by atoms with van der Waals surface area (Å²) in [6, 6.07) is 13.5. The highest BCUT2D eigenvalue weighted by Gasteiger charge is 2.32. The average Bonchev–Trinajstić information content (AvgIpc) is 3.05. The van der Waals surface area contributed by atoms with E-state index in [0.29, 0.717) is 40.9 Å². The maximum Gasteiger partial charge on any atom is 0.268 e. The standard InChI is InChI=1S/C23H28N4O5S/c1-6-32-21-10-8-7-9-20(21)24-22(28)15-27(18-11-13-19(31-5)14-12-18)33(29,30)23-16(2)25-26(4)17(23)3/h7-14H,6,15H2,1-5H3,(H,24,28). The molecule has 0 saturated carbocycles. The van der Waals surface area contributed by atoms with Crippen LogP contribution in [0.1, 0.15) is 18.3 Å². The lowest BCUT2D eigenvalue weighted by Gasteiger charge is -2.24. The number of nitrogens with zero attached hydrogens (tertiary/aromatic N) is 3. The van der Waals surface area contributed by atoms with Crippen LogP contribution in [0.3, 0.4) is 0 Å². The number of anilines is 2. The van der Waals surface area contributed by atoms with E-state index in [4.69, 9.17) is 9.47 Å². The second-order valence-corrected chi connectivity index (χ2v) is 9.11. The summed E-state index contributed by atoms with van der Waals surface area (Å²) in [4.78, 5) is 13.1. The minimum Gasteiger partial charge on any atom is -0.497 e. The number of amides is 1. The number of hydrogen-bond donors (Lipinski definition) is 1. The van der Waals surface area contributed by atoms with Crippen molar-refractivity contribution in [2.45, 2.75) is 25.7 Å². The maximum atomic E-state index is 13.7.